The zero-order valence-electron chi connectivity index (χ0n) is 16.5. The lowest BCUT2D eigenvalue weighted by Crippen LogP contribution is -2.19. The average molecular weight is 388 g/mol. The number of benzene rings is 1. The van der Waals surface area contributed by atoms with Gasteiger partial charge in [-0.1, -0.05) is 36.4 Å². The molecule has 3 aromatic rings. The number of fused-ring (bicyclic) bond motifs is 3. The van der Waals surface area contributed by atoms with E-state index in [2.05, 4.69) is 4.98 Å². The lowest BCUT2D eigenvalue weighted by atomic mass is 9.89. The summed E-state index contributed by atoms with van der Waals surface area (Å²) in [6.45, 7) is 3.01. The molecule has 0 unspecified atom stereocenters. The number of ether oxygens (including phenoxy) is 1. The van der Waals surface area contributed by atoms with Crippen LogP contribution in [0.25, 0.3) is 23.4 Å². The molecule has 148 valence electrons. The summed E-state index contributed by atoms with van der Waals surface area (Å²) < 4.78 is 6.97. The molecule has 2 aromatic heterocycles. The molecule has 0 bridgehead atoms. The highest BCUT2D eigenvalue weighted by Gasteiger charge is 2.29. The maximum Gasteiger partial charge on any atom is 0.356 e. The fraction of sp³-hybridized carbons (Fsp3) is 0.261. The number of hydrogen-bond acceptors (Lipinski definition) is 5. The summed E-state index contributed by atoms with van der Waals surface area (Å²) in [6.07, 6.45) is 7.50. The normalized spacial score (nSPS) is 12.6. The van der Waals surface area contributed by atoms with E-state index >= 15 is 0 Å². The SMILES string of the molecule is CCOC(=O)c1c2c(nn1CCN)-c1cc(/C=C/c3ccccc3)ncc1CC2. The molecule has 0 radical (unpaired) electrons. The van der Waals surface area contributed by atoms with Crippen molar-refractivity contribution in [3.05, 3.63) is 70.7 Å². The molecule has 0 atom stereocenters. The van der Waals surface area contributed by atoms with Crippen molar-refractivity contribution in [3.8, 4) is 11.3 Å². The molecule has 0 amide bonds. The Morgan fingerprint density at radius 3 is 2.83 bits per heavy atom. The van der Waals surface area contributed by atoms with Gasteiger partial charge < -0.3 is 10.5 Å². The molecule has 0 aliphatic heterocycles. The van der Waals surface area contributed by atoms with E-state index in [4.69, 9.17) is 15.6 Å². The number of pyridine rings is 1. The topological polar surface area (TPSA) is 83.0 Å². The minimum atomic E-state index is -0.337. The van der Waals surface area contributed by atoms with Crippen LogP contribution in [-0.2, 0) is 24.1 Å². The van der Waals surface area contributed by atoms with Crippen LogP contribution in [-0.4, -0.2) is 33.9 Å². The fourth-order valence-corrected chi connectivity index (χ4v) is 3.68. The molecule has 4 rings (SSSR count). The molecule has 29 heavy (non-hydrogen) atoms. The van der Waals surface area contributed by atoms with Crippen LogP contribution in [0.15, 0.2) is 42.6 Å². The second-order valence-electron chi connectivity index (χ2n) is 6.92. The highest BCUT2D eigenvalue weighted by atomic mass is 16.5. The third-order valence-corrected chi connectivity index (χ3v) is 5.01. The second kappa shape index (κ2) is 8.41. The van der Waals surface area contributed by atoms with Gasteiger partial charge in [-0.15, -0.1) is 0 Å². The van der Waals surface area contributed by atoms with Crippen LogP contribution in [0.1, 0.15) is 39.8 Å². The van der Waals surface area contributed by atoms with Crippen molar-refractivity contribution in [1.29, 1.82) is 0 Å². The van der Waals surface area contributed by atoms with E-state index < -0.39 is 0 Å². The van der Waals surface area contributed by atoms with Gasteiger partial charge in [-0.25, -0.2) is 4.79 Å². The van der Waals surface area contributed by atoms with Crippen LogP contribution < -0.4 is 5.73 Å². The van der Waals surface area contributed by atoms with Gasteiger partial charge in [0.15, 0.2) is 0 Å². The van der Waals surface area contributed by atoms with Gasteiger partial charge in [-0.2, -0.15) is 5.10 Å². The predicted molar refractivity (Wildman–Crippen MR) is 113 cm³/mol. The number of carbonyl (C=O) groups is 1. The van der Waals surface area contributed by atoms with Crippen molar-refractivity contribution in [2.75, 3.05) is 13.2 Å². The first-order valence-electron chi connectivity index (χ1n) is 9.90. The van der Waals surface area contributed by atoms with Crippen molar-refractivity contribution in [1.82, 2.24) is 14.8 Å². The first-order valence-corrected chi connectivity index (χ1v) is 9.90. The Balaban J connectivity index is 1.74. The van der Waals surface area contributed by atoms with E-state index in [9.17, 15) is 4.79 Å². The predicted octanol–water partition coefficient (Wildman–Crippen LogP) is 3.35. The summed E-state index contributed by atoms with van der Waals surface area (Å²) in [5.41, 5.74) is 12.2. The minimum absolute atomic E-state index is 0.330. The zero-order valence-corrected chi connectivity index (χ0v) is 16.5. The second-order valence-corrected chi connectivity index (χ2v) is 6.92. The molecule has 6 nitrogen and oxygen atoms in total. The largest absolute Gasteiger partial charge is 0.461 e. The van der Waals surface area contributed by atoms with Crippen molar-refractivity contribution in [2.45, 2.75) is 26.3 Å². The van der Waals surface area contributed by atoms with Crippen molar-refractivity contribution in [3.63, 3.8) is 0 Å². The quantitative estimate of drug-likeness (QED) is 0.655. The highest BCUT2D eigenvalue weighted by molar-refractivity contribution is 5.92. The Hall–Kier alpha value is -3.25. The molecule has 0 saturated heterocycles. The Morgan fingerprint density at radius 1 is 1.24 bits per heavy atom. The maximum atomic E-state index is 12.6. The third-order valence-electron chi connectivity index (χ3n) is 5.01. The number of aryl methyl sites for hydroxylation is 1. The van der Waals surface area contributed by atoms with Crippen LogP contribution in [0, 0.1) is 0 Å². The Labute approximate surface area is 170 Å². The molecule has 1 aromatic carbocycles. The lowest BCUT2D eigenvalue weighted by Gasteiger charge is -2.16. The highest BCUT2D eigenvalue weighted by Crippen LogP contribution is 2.35. The van der Waals surface area contributed by atoms with Gasteiger partial charge in [0.1, 0.15) is 5.69 Å². The van der Waals surface area contributed by atoms with E-state index in [1.807, 2.05) is 54.7 Å². The van der Waals surface area contributed by atoms with Crippen molar-refractivity contribution in [2.24, 2.45) is 5.73 Å². The molecular weight excluding hydrogens is 364 g/mol. The van der Waals surface area contributed by atoms with Gasteiger partial charge in [0.05, 0.1) is 24.5 Å². The molecule has 6 heteroatoms. The van der Waals surface area contributed by atoms with Gasteiger partial charge in [0, 0.05) is 23.9 Å². The zero-order chi connectivity index (χ0) is 20.2. The summed E-state index contributed by atoms with van der Waals surface area (Å²) in [6, 6.07) is 12.1. The van der Waals surface area contributed by atoms with Crippen LogP contribution >= 0.6 is 0 Å². The van der Waals surface area contributed by atoms with Gasteiger partial charge >= 0.3 is 5.97 Å². The van der Waals surface area contributed by atoms with Gasteiger partial charge in [0.2, 0.25) is 0 Å². The minimum Gasteiger partial charge on any atom is -0.461 e. The number of hydrogen-bond donors (Lipinski definition) is 1. The monoisotopic (exact) mass is 388 g/mol. The van der Waals surface area contributed by atoms with Crippen molar-refractivity contribution < 1.29 is 9.53 Å². The van der Waals surface area contributed by atoms with Crippen LogP contribution in [0.3, 0.4) is 0 Å². The molecule has 0 spiro atoms. The number of nitrogens with two attached hydrogens (primary N) is 1. The molecule has 1 aliphatic carbocycles. The first kappa shape index (κ1) is 19.1. The summed E-state index contributed by atoms with van der Waals surface area (Å²) >= 11 is 0. The molecule has 1 aliphatic rings. The third kappa shape index (κ3) is 3.84. The number of aromatic nitrogens is 3. The molecule has 0 saturated carbocycles. The molecular formula is C23H24N4O2. The van der Waals surface area contributed by atoms with E-state index in [1.54, 1.807) is 11.6 Å². The molecule has 2 N–H and O–H groups in total. The summed E-state index contributed by atoms with van der Waals surface area (Å²) in [7, 11) is 0. The van der Waals surface area contributed by atoms with Crippen LogP contribution in [0.4, 0.5) is 0 Å². The number of rotatable bonds is 6. The van der Waals surface area contributed by atoms with E-state index in [-0.39, 0.29) is 5.97 Å². The van der Waals surface area contributed by atoms with Gasteiger partial charge in [0.25, 0.3) is 0 Å². The summed E-state index contributed by atoms with van der Waals surface area (Å²) in [5, 5.41) is 4.73. The van der Waals surface area contributed by atoms with Crippen molar-refractivity contribution >= 4 is 18.1 Å². The summed E-state index contributed by atoms with van der Waals surface area (Å²) in [5.74, 6) is -0.337. The average Bonchev–Trinajstić information content (AvgIpc) is 3.12. The Bertz CT molecular complexity index is 1050. The smallest absolute Gasteiger partial charge is 0.356 e. The van der Waals surface area contributed by atoms with Gasteiger partial charge in [-0.3, -0.25) is 9.67 Å². The van der Waals surface area contributed by atoms with E-state index in [0.717, 1.165) is 46.5 Å². The van der Waals surface area contributed by atoms with E-state index in [1.165, 1.54) is 0 Å². The Kier molecular flexibility index (Phi) is 5.53. The molecule has 0 fully saturated rings. The Morgan fingerprint density at radius 2 is 2.07 bits per heavy atom. The lowest BCUT2D eigenvalue weighted by molar-refractivity contribution is 0.0510. The standard InChI is InChI=1S/C23H24N4O2/c1-2-29-23(28)22-19-11-9-17-15-25-18(10-8-16-6-4-3-5-7-16)14-20(17)21(19)26-27(22)13-12-24/h3-8,10,14-15H,2,9,11-13,24H2,1H3/b10-8+. The molecule has 2 heterocycles. The van der Waals surface area contributed by atoms with Gasteiger partial charge in [-0.05, 0) is 43.0 Å². The number of carbonyl (C=O) groups excluding carboxylic acids is 1. The van der Waals surface area contributed by atoms with E-state index in [0.29, 0.717) is 25.4 Å². The first-order chi connectivity index (χ1) is 14.2. The van der Waals surface area contributed by atoms with Crippen LogP contribution in [0.5, 0.6) is 0 Å². The maximum absolute atomic E-state index is 12.6. The number of nitrogens with zero attached hydrogens (tertiary/aromatic N) is 3. The fourth-order valence-electron chi connectivity index (χ4n) is 3.68. The van der Waals surface area contributed by atoms with Crippen LogP contribution in [0.2, 0.25) is 0 Å². The summed E-state index contributed by atoms with van der Waals surface area (Å²) in [4.78, 5) is 17.1. The number of esters is 1.